The summed E-state index contributed by atoms with van der Waals surface area (Å²) < 4.78 is 11.8. The molecule has 166 valence electrons. The number of nitrogens with zero attached hydrogens (tertiary/aromatic N) is 1. The van der Waals surface area contributed by atoms with Gasteiger partial charge in [0.25, 0.3) is 0 Å². The SMILES string of the molecule is O=C1OC2(c3ccc(O)cc3Oc3cc(O)ccc32)c2ccccc21.c1ccc2[nH]cnc2c1. The van der Waals surface area contributed by atoms with Gasteiger partial charge >= 0.3 is 5.97 Å². The van der Waals surface area contributed by atoms with E-state index in [9.17, 15) is 15.0 Å². The third kappa shape index (κ3) is 2.91. The Hall–Kier alpha value is -4.78. The largest absolute Gasteiger partial charge is 0.508 e. The Morgan fingerprint density at radius 1 is 0.765 bits per heavy atom. The van der Waals surface area contributed by atoms with E-state index in [1.807, 2.05) is 36.4 Å². The Morgan fingerprint density at radius 2 is 1.41 bits per heavy atom. The average Bonchev–Trinajstić information content (AvgIpc) is 3.43. The molecule has 3 heterocycles. The average molecular weight is 450 g/mol. The van der Waals surface area contributed by atoms with Crippen molar-refractivity contribution in [2.75, 3.05) is 0 Å². The number of aromatic amines is 1. The summed E-state index contributed by atoms with van der Waals surface area (Å²) in [4.78, 5) is 19.6. The van der Waals surface area contributed by atoms with Gasteiger partial charge in [0.15, 0.2) is 5.60 Å². The van der Waals surface area contributed by atoms with E-state index in [2.05, 4.69) is 9.97 Å². The second-order valence-electron chi connectivity index (χ2n) is 8.00. The predicted molar refractivity (Wildman–Crippen MR) is 124 cm³/mol. The molecule has 0 bridgehead atoms. The number of esters is 1. The zero-order chi connectivity index (χ0) is 23.3. The molecule has 0 amide bonds. The van der Waals surface area contributed by atoms with Gasteiger partial charge in [-0.05, 0) is 42.5 Å². The van der Waals surface area contributed by atoms with E-state index in [1.54, 1.807) is 30.6 Å². The molecule has 0 atom stereocenters. The van der Waals surface area contributed by atoms with Crippen molar-refractivity contribution >= 4 is 17.0 Å². The third-order valence-corrected chi connectivity index (χ3v) is 6.01. The maximum absolute atomic E-state index is 12.5. The lowest BCUT2D eigenvalue weighted by Crippen LogP contribution is -2.32. The van der Waals surface area contributed by atoms with Gasteiger partial charge in [-0.15, -0.1) is 0 Å². The van der Waals surface area contributed by atoms with Crippen LogP contribution in [0.5, 0.6) is 23.0 Å². The van der Waals surface area contributed by atoms with E-state index in [-0.39, 0.29) is 11.5 Å². The zero-order valence-electron chi connectivity index (χ0n) is 17.7. The summed E-state index contributed by atoms with van der Waals surface area (Å²) in [6.45, 7) is 0. The molecule has 3 N–H and O–H groups in total. The highest BCUT2D eigenvalue weighted by Gasteiger charge is 2.53. The standard InChI is InChI=1S/C20H12O5.C7H6N2/c21-11-5-7-15-17(9-11)24-18-10-12(22)6-8-16(18)20(15)14-4-2-1-3-13(14)19(23)25-20;1-2-4-7-6(3-1)8-5-9-7/h1-10,21-22H;1-5H,(H,8,9). The fourth-order valence-corrected chi connectivity index (χ4v) is 4.53. The summed E-state index contributed by atoms with van der Waals surface area (Å²) >= 11 is 0. The van der Waals surface area contributed by atoms with E-state index < -0.39 is 11.6 Å². The smallest absolute Gasteiger partial charge is 0.340 e. The first-order valence-electron chi connectivity index (χ1n) is 10.6. The molecule has 0 unspecified atom stereocenters. The lowest BCUT2D eigenvalue weighted by Gasteiger charge is -2.36. The van der Waals surface area contributed by atoms with Crippen LogP contribution in [0.15, 0.2) is 91.3 Å². The number of fused-ring (bicyclic) bond motifs is 7. The van der Waals surface area contributed by atoms with Crippen LogP contribution in [0, 0.1) is 0 Å². The van der Waals surface area contributed by atoms with Crippen molar-refractivity contribution in [1.82, 2.24) is 9.97 Å². The Bertz CT molecular complexity index is 1490. The molecule has 7 rings (SSSR count). The molecule has 7 heteroatoms. The normalized spacial score (nSPS) is 14.3. The van der Waals surface area contributed by atoms with E-state index in [0.29, 0.717) is 33.8 Å². The second kappa shape index (κ2) is 7.38. The second-order valence-corrected chi connectivity index (χ2v) is 8.00. The molecule has 0 saturated heterocycles. The molecule has 2 aliphatic rings. The zero-order valence-corrected chi connectivity index (χ0v) is 17.7. The Labute approximate surface area is 193 Å². The predicted octanol–water partition coefficient (Wildman–Crippen LogP) is 5.23. The number of imidazole rings is 1. The highest BCUT2D eigenvalue weighted by molar-refractivity contribution is 5.97. The van der Waals surface area contributed by atoms with Crippen LogP contribution in [0.25, 0.3) is 11.0 Å². The number of aromatic nitrogens is 2. The van der Waals surface area contributed by atoms with Crippen LogP contribution in [0.4, 0.5) is 0 Å². The Kier molecular flexibility index (Phi) is 4.31. The molecule has 2 aliphatic heterocycles. The first kappa shape index (κ1) is 19.9. The monoisotopic (exact) mass is 450 g/mol. The lowest BCUT2D eigenvalue weighted by atomic mass is 9.77. The summed E-state index contributed by atoms with van der Waals surface area (Å²) in [6.07, 6.45) is 1.70. The highest BCUT2D eigenvalue weighted by Crippen LogP contribution is 2.56. The van der Waals surface area contributed by atoms with Crippen molar-refractivity contribution in [3.8, 4) is 23.0 Å². The number of carbonyl (C=O) groups excluding carboxylic acids is 1. The maximum atomic E-state index is 12.5. The van der Waals surface area contributed by atoms with Crippen LogP contribution in [0.1, 0.15) is 27.0 Å². The quantitative estimate of drug-likeness (QED) is 0.279. The number of para-hydroxylation sites is 2. The molecule has 7 nitrogen and oxygen atoms in total. The van der Waals surface area contributed by atoms with Crippen molar-refractivity contribution < 1.29 is 24.5 Å². The van der Waals surface area contributed by atoms with Gasteiger partial charge in [-0.25, -0.2) is 9.78 Å². The number of phenols is 2. The minimum absolute atomic E-state index is 0.0371. The molecule has 5 aromatic rings. The number of hydrogen-bond acceptors (Lipinski definition) is 6. The summed E-state index contributed by atoms with van der Waals surface area (Å²) in [7, 11) is 0. The number of carbonyl (C=O) groups is 1. The highest BCUT2D eigenvalue weighted by atomic mass is 16.6. The van der Waals surface area contributed by atoms with Crippen LogP contribution < -0.4 is 4.74 Å². The minimum atomic E-state index is -1.17. The van der Waals surface area contributed by atoms with Crippen molar-refractivity contribution in [1.29, 1.82) is 0 Å². The van der Waals surface area contributed by atoms with Gasteiger partial charge in [0.2, 0.25) is 0 Å². The number of aromatic hydroxyl groups is 2. The first-order chi connectivity index (χ1) is 16.6. The van der Waals surface area contributed by atoms with Crippen molar-refractivity contribution in [2.24, 2.45) is 0 Å². The van der Waals surface area contributed by atoms with E-state index in [0.717, 1.165) is 11.0 Å². The molecule has 0 fully saturated rings. The molecule has 4 aromatic carbocycles. The molecule has 0 aliphatic carbocycles. The summed E-state index contributed by atoms with van der Waals surface area (Å²) in [5.41, 5.74) is 3.40. The number of benzene rings is 4. The molecule has 0 radical (unpaired) electrons. The van der Waals surface area contributed by atoms with Gasteiger partial charge in [-0.3, -0.25) is 0 Å². The number of hydrogen-bond donors (Lipinski definition) is 3. The fraction of sp³-hybridized carbons (Fsp3) is 0.0370. The van der Waals surface area contributed by atoms with Gasteiger partial charge in [-0.1, -0.05) is 30.3 Å². The maximum Gasteiger partial charge on any atom is 0.340 e. The van der Waals surface area contributed by atoms with E-state index >= 15 is 0 Å². The van der Waals surface area contributed by atoms with Crippen molar-refractivity contribution in [3.63, 3.8) is 0 Å². The van der Waals surface area contributed by atoms with Crippen LogP contribution in [0.3, 0.4) is 0 Å². The van der Waals surface area contributed by atoms with Crippen molar-refractivity contribution in [3.05, 3.63) is 114 Å². The fourth-order valence-electron chi connectivity index (χ4n) is 4.53. The molecule has 1 spiro atoms. The number of rotatable bonds is 0. The van der Waals surface area contributed by atoms with Gasteiger partial charge < -0.3 is 24.7 Å². The Morgan fingerprint density at radius 3 is 2.12 bits per heavy atom. The van der Waals surface area contributed by atoms with Crippen LogP contribution in [-0.2, 0) is 10.3 Å². The Balaban J connectivity index is 0.000000202. The number of phenolic OH excluding ortho intramolecular Hbond substituents is 2. The van der Waals surface area contributed by atoms with E-state index in [4.69, 9.17) is 9.47 Å². The van der Waals surface area contributed by atoms with Gasteiger partial charge in [0.05, 0.1) is 22.9 Å². The summed E-state index contributed by atoms with van der Waals surface area (Å²) in [5, 5.41) is 19.7. The summed E-state index contributed by atoms with van der Waals surface area (Å²) in [6, 6.07) is 24.5. The third-order valence-electron chi connectivity index (χ3n) is 6.01. The molecule has 1 aromatic heterocycles. The number of H-pyrrole nitrogens is 1. The van der Waals surface area contributed by atoms with Gasteiger partial charge in [0, 0.05) is 28.8 Å². The van der Waals surface area contributed by atoms with Crippen molar-refractivity contribution in [2.45, 2.75) is 5.60 Å². The molecular weight excluding hydrogens is 432 g/mol. The molecular formula is C27H18N2O5. The van der Waals surface area contributed by atoms with E-state index in [1.165, 1.54) is 24.3 Å². The topological polar surface area (TPSA) is 105 Å². The molecule has 34 heavy (non-hydrogen) atoms. The first-order valence-corrected chi connectivity index (χ1v) is 10.6. The van der Waals surface area contributed by atoms with Crippen LogP contribution in [0.2, 0.25) is 0 Å². The summed E-state index contributed by atoms with van der Waals surface area (Å²) in [5.74, 6) is 0.408. The van der Waals surface area contributed by atoms with Crippen LogP contribution >= 0.6 is 0 Å². The van der Waals surface area contributed by atoms with Gasteiger partial charge in [-0.2, -0.15) is 0 Å². The van der Waals surface area contributed by atoms with Crippen LogP contribution in [-0.4, -0.2) is 26.2 Å². The van der Waals surface area contributed by atoms with Gasteiger partial charge in [0.1, 0.15) is 23.0 Å². The molecule has 0 saturated carbocycles. The minimum Gasteiger partial charge on any atom is -0.508 e. The number of nitrogens with one attached hydrogen (secondary N) is 1. The lowest BCUT2D eigenvalue weighted by molar-refractivity contribution is 0.0224. The number of ether oxygens (including phenoxy) is 2.